The van der Waals surface area contributed by atoms with Crippen molar-refractivity contribution in [3.8, 4) is 0 Å². The summed E-state index contributed by atoms with van der Waals surface area (Å²) in [6, 6.07) is 20.1. The van der Waals surface area contributed by atoms with Crippen molar-refractivity contribution in [2.75, 3.05) is 11.7 Å². The van der Waals surface area contributed by atoms with Crippen molar-refractivity contribution in [1.29, 1.82) is 0 Å². The molecule has 22 heavy (non-hydrogen) atoms. The minimum absolute atomic E-state index is 0.00856. The van der Waals surface area contributed by atoms with Gasteiger partial charge in [0.2, 0.25) is 0 Å². The van der Waals surface area contributed by atoms with E-state index < -0.39 is 5.60 Å². The highest BCUT2D eigenvalue weighted by Gasteiger charge is 2.55. The van der Waals surface area contributed by atoms with E-state index in [0.717, 1.165) is 11.3 Å². The Bertz CT molecular complexity index is 624. The maximum Gasteiger partial charge on any atom is 0.341 e. The van der Waals surface area contributed by atoms with Gasteiger partial charge in [-0.05, 0) is 17.7 Å². The number of anilines is 1. The zero-order valence-corrected chi connectivity index (χ0v) is 12.1. The number of rotatable bonds is 2. The fourth-order valence-electron chi connectivity index (χ4n) is 3.23. The summed E-state index contributed by atoms with van der Waals surface area (Å²) in [4.78, 5) is 18.3. The van der Waals surface area contributed by atoms with Crippen LogP contribution < -0.4 is 5.06 Å². The number of hydrogen-bond acceptors (Lipinski definition) is 4. The highest BCUT2D eigenvalue weighted by atomic mass is 16.7. The number of nitrogens with zero attached hydrogens (tertiary/aromatic N) is 1. The average molecular weight is 295 g/mol. The predicted octanol–water partition coefficient (Wildman–Crippen LogP) is 3.26. The number of para-hydroxylation sites is 1. The van der Waals surface area contributed by atoms with Crippen molar-refractivity contribution in [2.24, 2.45) is 0 Å². The van der Waals surface area contributed by atoms with E-state index in [0.29, 0.717) is 19.4 Å². The lowest BCUT2D eigenvalue weighted by Gasteiger charge is -2.25. The Morgan fingerprint density at radius 2 is 1.68 bits per heavy atom. The van der Waals surface area contributed by atoms with E-state index >= 15 is 0 Å². The van der Waals surface area contributed by atoms with Crippen LogP contribution in [0.2, 0.25) is 0 Å². The first-order chi connectivity index (χ1) is 10.8. The van der Waals surface area contributed by atoms with Gasteiger partial charge >= 0.3 is 5.97 Å². The number of ether oxygens (including phenoxy) is 1. The summed E-state index contributed by atoms with van der Waals surface area (Å²) in [6.07, 6.45) is 1.23. The Hall–Kier alpha value is -2.33. The van der Waals surface area contributed by atoms with Gasteiger partial charge in [0.15, 0.2) is 5.60 Å². The van der Waals surface area contributed by atoms with Crippen LogP contribution in [0.25, 0.3) is 0 Å². The van der Waals surface area contributed by atoms with Crippen LogP contribution in [0.1, 0.15) is 24.4 Å². The lowest BCUT2D eigenvalue weighted by molar-refractivity contribution is -0.155. The zero-order chi connectivity index (χ0) is 15.0. The molecule has 2 saturated heterocycles. The molecule has 0 aliphatic carbocycles. The number of hydroxylamine groups is 1. The van der Waals surface area contributed by atoms with Crippen LogP contribution >= 0.6 is 0 Å². The van der Waals surface area contributed by atoms with Crippen molar-refractivity contribution in [3.63, 3.8) is 0 Å². The van der Waals surface area contributed by atoms with Crippen molar-refractivity contribution in [2.45, 2.75) is 24.5 Å². The SMILES string of the molecule is O=C1OCC[C@@]12C[C@H](c1ccccc1)N(c1ccccc1)O2. The Labute approximate surface area is 129 Å². The molecule has 0 unspecified atom stereocenters. The monoisotopic (exact) mass is 295 g/mol. The molecule has 4 rings (SSSR count). The molecule has 0 saturated carbocycles. The summed E-state index contributed by atoms with van der Waals surface area (Å²) < 4.78 is 5.17. The van der Waals surface area contributed by atoms with E-state index in [2.05, 4.69) is 12.1 Å². The fraction of sp³-hybridized carbons (Fsp3) is 0.278. The van der Waals surface area contributed by atoms with Crippen molar-refractivity contribution in [1.82, 2.24) is 0 Å². The maximum atomic E-state index is 12.2. The molecule has 0 amide bonds. The summed E-state index contributed by atoms with van der Waals surface area (Å²) in [5.41, 5.74) is 1.26. The van der Waals surface area contributed by atoms with Gasteiger partial charge in [-0.25, -0.2) is 9.86 Å². The second-order valence-corrected chi connectivity index (χ2v) is 5.76. The van der Waals surface area contributed by atoms with Gasteiger partial charge in [0.05, 0.1) is 18.3 Å². The zero-order valence-electron chi connectivity index (χ0n) is 12.1. The Kier molecular flexibility index (Phi) is 3.12. The Morgan fingerprint density at radius 1 is 1.00 bits per heavy atom. The first-order valence-corrected chi connectivity index (χ1v) is 7.54. The molecule has 0 N–H and O–H groups in total. The average Bonchev–Trinajstić information content (AvgIpc) is 3.14. The minimum Gasteiger partial charge on any atom is -0.463 e. The number of esters is 1. The van der Waals surface area contributed by atoms with Gasteiger partial charge in [0.1, 0.15) is 0 Å². The Balaban J connectivity index is 1.75. The third kappa shape index (κ3) is 2.07. The van der Waals surface area contributed by atoms with E-state index in [-0.39, 0.29) is 12.0 Å². The molecule has 4 heteroatoms. The largest absolute Gasteiger partial charge is 0.463 e. The van der Waals surface area contributed by atoms with Crippen LogP contribution in [0.5, 0.6) is 0 Å². The molecular weight excluding hydrogens is 278 g/mol. The molecule has 0 bridgehead atoms. The molecule has 0 aromatic heterocycles. The summed E-state index contributed by atoms with van der Waals surface area (Å²) in [5, 5.41) is 1.86. The molecular formula is C18H17NO3. The van der Waals surface area contributed by atoms with Crippen LogP contribution in [0.4, 0.5) is 5.69 Å². The highest BCUT2D eigenvalue weighted by Crippen LogP contribution is 2.47. The second kappa shape index (κ2) is 5.14. The first-order valence-electron chi connectivity index (χ1n) is 7.54. The van der Waals surface area contributed by atoms with Gasteiger partial charge in [-0.1, -0.05) is 48.5 Å². The van der Waals surface area contributed by atoms with E-state index in [9.17, 15) is 4.79 Å². The van der Waals surface area contributed by atoms with Crippen molar-refractivity contribution >= 4 is 11.7 Å². The van der Waals surface area contributed by atoms with Gasteiger partial charge in [0, 0.05) is 12.8 Å². The van der Waals surface area contributed by atoms with Gasteiger partial charge < -0.3 is 4.74 Å². The summed E-state index contributed by atoms with van der Waals surface area (Å²) in [7, 11) is 0. The van der Waals surface area contributed by atoms with Crippen LogP contribution in [-0.2, 0) is 14.4 Å². The maximum absolute atomic E-state index is 12.2. The molecule has 4 nitrogen and oxygen atoms in total. The van der Waals surface area contributed by atoms with E-state index in [1.807, 2.05) is 53.6 Å². The van der Waals surface area contributed by atoms with Crippen LogP contribution in [0.3, 0.4) is 0 Å². The number of carbonyl (C=O) groups is 1. The third-order valence-electron chi connectivity index (χ3n) is 4.39. The van der Waals surface area contributed by atoms with Gasteiger partial charge in [-0.3, -0.25) is 4.84 Å². The molecule has 112 valence electrons. The van der Waals surface area contributed by atoms with Crippen molar-refractivity contribution in [3.05, 3.63) is 66.2 Å². The molecule has 2 aromatic rings. The van der Waals surface area contributed by atoms with Crippen LogP contribution in [0.15, 0.2) is 60.7 Å². The lowest BCUT2D eigenvalue weighted by atomic mass is 9.91. The summed E-state index contributed by atoms with van der Waals surface area (Å²) >= 11 is 0. The number of cyclic esters (lactones) is 1. The van der Waals surface area contributed by atoms with E-state index in [1.54, 1.807) is 0 Å². The first kappa shape index (κ1) is 13.3. The quantitative estimate of drug-likeness (QED) is 0.797. The van der Waals surface area contributed by atoms with Crippen LogP contribution in [0, 0.1) is 0 Å². The van der Waals surface area contributed by atoms with E-state index in [1.165, 1.54) is 0 Å². The third-order valence-corrected chi connectivity index (χ3v) is 4.39. The summed E-state index contributed by atoms with van der Waals surface area (Å²) in [5.74, 6) is -0.244. The molecule has 2 heterocycles. The molecule has 2 aliphatic heterocycles. The predicted molar refractivity (Wildman–Crippen MR) is 82.1 cm³/mol. The Morgan fingerprint density at radius 3 is 2.32 bits per heavy atom. The highest BCUT2D eigenvalue weighted by molar-refractivity contribution is 5.82. The molecule has 2 fully saturated rings. The lowest BCUT2D eigenvalue weighted by Crippen LogP contribution is -2.35. The van der Waals surface area contributed by atoms with Gasteiger partial charge in [-0.2, -0.15) is 0 Å². The number of carbonyl (C=O) groups excluding carboxylic acids is 1. The normalized spacial score (nSPS) is 27.4. The standard InChI is InChI=1S/C18H17NO3/c20-17-18(11-12-21-17)13-16(14-7-3-1-4-8-14)19(22-18)15-9-5-2-6-10-15/h1-10,16H,11-13H2/t16-,18-/m1/s1. The molecule has 2 aliphatic rings. The minimum atomic E-state index is -0.837. The fourth-order valence-corrected chi connectivity index (χ4v) is 3.23. The van der Waals surface area contributed by atoms with E-state index in [4.69, 9.17) is 9.57 Å². The molecule has 2 atom stereocenters. The number of hydrogen-bond donors (Lipinski definition) is 0. The topological polar surface area (TPSA) is 38.8 Å². The molecule has 0 radical (unpaired) electrons. The summed E-state index contributed by atoms with van der Waals surface area (Å²) in [6.45, 7) is 0.434. The van der Waals surface area contributed by atoms with Crippen molar-refractivity contribution < 1.29 is 14.4 Å². The molecule has 2 aromatic carbocycles. The molecule has 1 spiro atoms. The smallest absolute Gasteiger partial charge is 0.341 e. The number of benzene rings is 2. The van der Waals surface area contributed by atoms with Crippen LogP contribution in [-0.4, -0.2) is 18.2 Å². The van der Waals surface area contributed by atoms with Gasteiger partial charge in [0.25, 0.3) is 0 Å². The van der Waals surface area contributed by atoms with Gasteiger partial charge in [-0.15, -0.1) is 0 Å². The second-order valence-electron chi connectivity index (χ2n) is 5.76.